The predicted octanol–water partition coefficient (Wildman–Crippen LogP) is 3.06. The van der Waals surface area contributed by atoms with Crippen LogP contribution in [0.5, 0.6) is 0 Å². The van der Waals surface area contributed by atoms with Crippen molar-refractivity contribution in [2.45, 2.75) is 13.5 Å². The molecule has 26 heavy (non-hydrogen) atoms. The van der Waals surface area contributed by atoms with Gasteiger partial charge in [-0.15, -0.1) is 0 Å². The molecule has 0 aliphatic heterocycles. The molecule has 1 N–H and O–H groups in total. The minimum absolute atomic E-state index is 0.215. The number of hydrogen-bond acceptors (Lipinski definition) is 5. The number of carbonyl (C=O) groups is 2. The maximum atomic E-state index is 12.2. The monoisotopic (exact) mass is 374 g/mol. The van der Waals surface area contributed by atoms with E-state index in [1.807, 2.05) is 0 Å². The summed E-state index contributed by atoms with van der Waals surface area (Å²) < 4.78 is 11.2. The molecule has 0 aliphatic rings. The fraction of sp³-hybridized carbons (Fsp3) is 0.167. The molecule has 134 valence electrons. The van der Waals surface area contributed by atoms with E-state index >= 15 is 0 Å². The Morgan fingerprint density at radius 3 is 2.62 bits per heavy atom. The molecule has 0 aliphatic carbocycles. The lowest BCUT2D eigenvalue weighted by atomic mass is 10.2. The molecule has 0 bridgehead atoms. The molecule has 0 radical (unpaired) electrons. The van der Waals surface area contributed by atoms with E-state index in [0.717, 1.165) is 0 Å². The van der Waals surface area contributed by atoms with Gasteiger partial charge in [0.15, 0.2) is 5.58 Å². The van der Waals surface area contributed by atoms with E-state index in [0.29, 0.717) is 27.4 Å². The number of nitrogens with zero attached hydrogens (tertiary/aromatic N) is 1. The van der Waals surface area contributed by atoms with Crippen LogP contribution in [-0.4, -0.2) is 23.1 Å². The van der Waals surface area contributed by atoms with Gasteiger partial charge in [-0.3, -0.25) is 9.36 Å². The second kappa shape index (κ2) is 7.45. The van der Waals surface area contributed by atoms with Crippen molar-refractivity contribution in [3.05, 3.63) is 63.6 Å². The Hall–Kier alpha value is -3.06. The number of carbonyl (C=O) groups excluding carboxylic acids is 2. The van der Waals surface area contributed by atoms with Crippen molar-refractivity contribution in [1.82, 2.24) is 4.57 Å². The van der Waals surface area contributed by atoms with Gasteiger partial charge in [0, 0.05) is 16.8 Å². The smallest absolute Gasteiger partial charge is 0.420 e. The fourth-order valence-corrected chi connectivity index (χ4v) is 2.60. The average Bonchev–Trinajstić information content (AvgIpc) is 2.90. The molecule has 7 nitrogen and oxygen atoms in total. The topological polar surface area (TPSA) is 90.5 Å². The number of ether oxygens (including phenoxy) is 1. The van der Waals surface area contributed by atoms with E-state index in [9.17, 15) is 14.4 Å². The average molecular weight is 375 g/mol. The first-order valence-corrected chi connectivity index (χ1v) is 8.21. The van der Waals surface area contributed by atoms with Gasteiger partial charge in [0.05, 0.1) is 17.7 Å². The largest absolute Gasteiger partial charge is 0.462 e. The van der Waals surface area contributed by atoms with Crippen molar-refractivity contribution in [3.63, 3.8) is 0 Å². The third-order valence-electron chi connectivity index (χ3n) is 3.61. The lowest BCUT2D eigenvalue weighted by Crippen LogP contribution is -2.24. The number of oxazole rings is 1. The van der Waals surface area contributed by atoms with Crippen molar-refractivity contribution in [1.29, 1.82) is 0 Å². The zero-order chi connectivity index (χ0) is 18.7. The highest BCUT2D eigenvalue weighted by atomic mass is 35.5. The summed E-state index contributed by atoms with van der Waals surface area (Å²) >= 11 is 5.86. The molecule has 1 heterocycles. The minimum Gasteiger partial charge on any atom is -0.462 e. The Labute approximate surface area is 153 Å². The molecule has 0 fully saturated rings. The number of anilines is 1. The van der Waals surface area contributed by atoms with E-state index in [4.69, 9.17) is 20.8 Å². The van der Waals surface area contributed by atoms with Crippen molar-refractivity contribution in [2.24, 2.45) is 0 Å². The molecule has 1 amide bonds. The standard InChI is InChI=1S/C18H15ClN2O5/c1-2-25-17(23)11-3-6-13(7-4-11)20-16(22)10-21-14-8-5-12(19)9-15(14)26-18(21)24/h3-9H,2,10H2,1H3,(H,20,22). The van der Waals surface area contributed by atoms with Crippen LogP contribution in [-0.2, 0) is 16.1 Å². The first-order valence-electron chi connectivity index (χ1n) is 7.84. The first kappa shape index (κ1) is 17.8. The zero-order valence-corrected chi connectivity index (χ0v) is 14.6. The van der Waals surface area contributed by atoms with Crippen molar-refractivity contribution >= 4 is 40.3 Å². The van der Waals surface area contributed by atoms with Crippen LogP contribution < -0.4 is 11.1 Å². The number of halogens is 1. The Morgan fingerprint density at radius 2 is 1.92 bits per heavy atom. The molecule has 0 unspecified atom stereocenters. The lowest BCUT2D eigenvalue weighted by molar-refractivity contribution is -0.116. The molecule has 3 rings (SSSR count). The summed E-state index contributed by atoms with van der Waals surface area (Å²) in [6, 6.07) is 11.0. The van der Waals surface area contributed by atoms with E-state index in [1.54, 1.807) is 43.3 Å². The van der Waals surface area contributed by atoms with Crippen LogP contribution in [0.15, 0.2) is 51.7 Å². The van der Waals surface area contributed by atoms with Crippen LogP contribution >= 0.6 is 11.6 Å². The molecule has 2 aromatic carbocycles. The van der Waals surface area contributed by atoms with Crippen molar-refractivity contribution in [2.75, 3.05) is 11.9 Å². The number of esters is 1. The summed E-state index contributed by atoms with van der Waals surface area (Å²) in [6.07, 6.45) is 0. The minimum atomic E-state index is -0.643. The number of nitrogens with one attached hydrogen (secondary N) is 1. The Bertz CT molecular complexity index is 1020. The van der Waals surface area contributed by atoms with Gasteiger partial charge in [-0.1, -0.05) is 11.6 Å². The first-order chi connectivity index (χ1) is 12.5. The van der Waals surface area contributed by atoms with Crippen molar-refractivity contribution < 1.29 is 18.7 Å². The van der Waals surface area contributed by atoms with Crippen LogP contribution in [0.25, 0.3) is 11.1 Å². The Morgan fingerprint density at radius 1 is 1.19 bits per heavy atom. The molecule has 0 saturated carbocycles. The SMILES string of the molecule is CCOC(=O)c1ccc(NC(=O)Cn2c(=O)oc3cc(Cl)ccc32)cc1. The lowest BCUT2D eigenvalue weighted by Gasteiger charge is -2.07. The highest BCUT2D eigenvalue weighted by Gasteiger charge is 2.13. The number of fused-ring (bicyclic) bond motifs is 1. The van der Waals surface area contributed by atoms with Gasteiger partial charge in [0.25, 0.3) is 0 Å². The van der Waals surface area contributed by atoms with Crippen molar-refractivity contribution in [3.8, 4) is 0 Å². The summed E-state index contributed by atoms with van der Waals surface area (Å²) in [7, 11) is 0. The summed E-state index contributed by atoms with van der Waals surface area (Å²) in [4.78, 5) is 35.8. The molecule has 0 saturated heterocycles. The normalized spacial score (nSPS) is 10.7. The van der Waals surface area contributed by atoms with Gasteiger partial charge >= 0.3 is 11.7 Å². The van der Waals surface area contributed by atoms with Crippen LogP contribution in [0.4, 0.5) is 5.69 Å². The number of aromatic nitrogens is 1. The number of rotatable bonds is 5. The summed E-state index contributed by atoms with van der Waals surface area (Å²) in [5, 5.41) is 3.10. The third-order valence-corrected chi connectivity index (χ3v) is 3.85. The van der Waals surface area contributed by atoms with E-state index in [-0.39, 0.29) is 13.2 Å². The molecule has 0 atom stereocenters. The van der Waals surface area contributed by atoms with Gasteiger partial charge < -0.3 is 14.5 Å². The van der Waals surface area contributed by atoms with Crippen LogP contribution in [0.1, 0.15) is 17.3 Å². The van der Waals surface area contributed by atoms with Gasteiger partial charge in [-0.25, -0.2) is 9.59 Å². The predicted molar refractivity (Wildman–Crippen MR) is 96.5 cm³/mol. The Kier molecular flexibility index (Phi) is 5.09. The quantitative estimate of drug-likeness (QED) is 0.693. The van der Waals surface area contributed by atoms with Crippen LogP contribution in [0.2, 0.25) is 5.02 Å². The van der Waals surface area contributed by atoms with Crippen LogP contribution in [0.3, 0.4) is 0 Å². The highest BCUT2D eigenvalue weighted by Crippen LogP contribution is 2.18. The number of hydrogen-bond donors (Lipinski definition) is 1. The number of benzene rings is 2. The second-order valence-electron chi connectivity index (χ2n) is 5.41. The maximum Gasteiger partial charge on any atom is 0.420 e. The van der Waals surface area contributed by atoms with Gasteiger partial charge in [0.2, 0.25) is 5.91 Å². The molecule has 8 heteroatoms. The Balaban J connectivity index is 1.72. The fourth-order valence-electron chi connectivity index (χ4n) is 2.44. The summed E-state index contributed by atoms with van der Waals surface area (Å²) in [5.74, 6) is -1.48. The molecular weight excluding hydrogens is 360 g/mol. The van der Waals surface area contributed by atoms with Gasteiger partial charge in [-0.2, -0.15) is 0 Å². The third kappa shape index (κ3) is 3.78. The second-order valence-corrected chi connectivity index (χ2v) is 5.85. The maximum absolute atomic E-state index is 12.2. The van der Waals surface area contributed by atoms with E-state index < -0.39 is 17.6 Å². The zero-order valence-electron chi connectivity index (χ0n) is 13.8. The van der Waals surface area contributed by atoms with Gasteiger partial charge in [0.1, 0.15) is 6.54 Å². The number of amides is 1. The molecule has 0 spiro atoms. The van der Waals surface area contributed by atoms with Crippen LogP contribution in [0, 0.1) is 0 Å². The highest BCUT2D eigenvalue weighted by molar-refractivity contribution is 6.31. The van der Waals surface area contributed by atoms with Gasteiger partial charge in [-0.05, 0) is 43.3 Å². The van der Waals surface area contributed by atoms with E-state index in [1.165, 1.54) is 10.6 Å². The molecule has 1 aromatic heterocycles. The summed E-state index contributed by atoms with van der Waals surface area (Å²) in [6.45, 7) is 1.80. The van der Waals surface area contributed by atoms with E-state index in [2.05, 4.69) is 5.32 Å². The summed E-state index contributed by atoms with van der Waals surface area (Å²) in [5.41, 5.74) is 1.67. The molecule has 3 aromatic rings. The molecular formula is C18H15ClN2O5.